The van der Waals surface area contributed by atoms with Crippen LogP contribution in [-0.4, -0.2) is 19.6 Å². The van der Waals surface area contributed by atoms with Crippen LogP contribution in [0.15, 0.2) is 18.2 Å². The van der Waals surface area contributed by atoms with Gasteiger partial charge in [-0.1, -0.05) is 0 Å². The standard InChI is InChI=1S/C12H13FN2O2/c1-3-17-11-5-4-9(8-10(11)13)15(2)12(16)6-7-14/h4-5,8H,3,6H2,1-2H3. The van der Waals surface area contributed by atoms with Gasteiger partial charge in [0.2, 0.25) is 5.91 Å². The molecule has 0 aliphatic rings. The highest BCUT2D eigenvalue weighted by atomic mass is 19.1. The molecule has 0 saturated carbocycles. The summed E-state index contributed by atoms with van der Waals surface area (Å²) in [6, 6.07) is 6.00. The Labute approximate surface area is 99.2 Å². The monoisotopic (exact) mass is 236 g/mol. The first-order valence-corrected chi connectivity index (χ1v) is 5.16. The molecule has 0 atom stereocenters. The van der Waals surface area contributed by atoms with Crippen molar-refractivity contribution < 1.29 is 13.9 Å². The van der Waals surface area contributed by atoms with Crippen molar-refractivity contribution in [3.05, 3.63) is 24.0 Å². The molecule has 0 N–H and O–H groups in total. The number of ether oxygens (including phenoxy) is 1. The van der Waals surface area contributed by atoms with E-state index in [2.05, 4.69) is 0 Å². The Bertz CT molecular complexity index is 454. The van der Waals surface area contributed by atoms with Crippen molar-refractivity contribution >= 4 is 11.6 Å². The second-order valence-electron chi connectivity index (χ2n) is 3.34. The number of carbonyl (C=O) groups excluding carboxylic acids is 1. The van der Waals surface area contributed by atoms with Crippen LogP contribution in [0.25, 0.3) is 0 Å². The molecule has 4 nitrogen and oxygen atoms in total. The van der Waals surface area contributed by atoms with Gasteiger partial charge in [-0.2, -0.15) is 5.26 Å². The van der Waals surface area contributed by atoms with Gasteiger partial charge < -0.3 is 9.64 Å². The van der Waals surface area contributed by atoms with Crippen LogP contribution in [-0.2, 0) is 4.79 Å². The van der Waals surface area contributed by atoms with Gasteiger partial charge >= 0.3 is 0 Å². The highest BCUT2D eigenvalue weighted by Crippen LogP contribution is 2.23. The van der Waals surface area contributed by atoms with Gasteiger partial charge in [0.1, 0.15) is 6.42 Å². The Morgan fingerprint density at radius 1 is 1.59 bits per heavy atom. The first kappa shape index (κ1) is 13.0. The van der Waals surface area contributed by atoms with Crippen LogP contribution in [0.4, 0.5) is 10.1 Å². The van der Waals surface area contributed by atoms with Gasteiger partial charge in [0, 0.05) is 18.8 Å². The third-order valence-electron chi connectivity index (χ3n) is 2.21. The van der Waals surface area contributed by atoms with Crippen LogP contribution in [0.5, 0.6) is 5.75 Å². The van der Waals surface area contributed by atoms with Gasteiger partial charge in [-0.3, -0.25) is 4.79 Å². The summed E-state index contributed by atoms with van der Waals surface area (Å²) in [5, 5.41) is 8.41. The summed E-state index contributed by atoms with van der Waals surface area (Å²) < 4.78 is 18.6. The van der Waals surface area contributed by atoms with Crippen molar-refractivity contribution in [3.8, 4) is 11.8 Å². The second-order valence-corrected chi connectivity index (χ2v) is 3.34. The first-order chi connectivity index (χ1) is 8.10. The fraction of sp³-hybridized carbons (Fsp3) is 0.333. The predicted octanol–water partition coefficient (Wildman–Crippen LogP) is 2.10. The molecule has 1 amide bonds. The Hall–Kier alpha value is -2.09. The number of amides is 1. The second kappa shape index (κ2) is 5.85. The maximum absolute atomic E-state index is 13.5. The summed E-state index contributed by atoms with van der Waals surface area (Å²) in [6.45, 7) is 2.13. The molecule has 0 saturated heterocycles. The van der Waals surface area contributed by atoms with E-state index in [0.29, 0.717) is 12.3 Å². The summed E-state index contributed by atoms with van der Waals surface area (Å²) >= 11 is 0. The van der Waals surface area contributed by atoms with E-state index in [0.717, 1.165) is 0 Å². The number of hydrogen-bond donors (Lipinski definition) is 0. The molecule has 0 bridgehead atoms. The molecule has 0 fully saturated rings. The van der Waals surface area contributed by atoms with E-state index < -0.39 is 5.82 Å². The fourth-order valence-electron chi connectivity index (χ4n) is 1.30. The zero-order valence-corrected chi connectivity index (χ0v) is 9.74. The number of nitrogens with zero attached hydrogens (tertiary/aromatic N) is 2. The zero-order chi connectivity index (χ0) is 12.8. The molecule has 0 aliphatic heterocycles. The van der Waals surface area contributed by atoms with Crippen molar-refractivity contribution in [2.24, 2.45) is 0 Å². The van der Waals surface area contributed by atoms with Crippen LogP contribution in [0.3, 0.4) is 0 Å². The average Bonchev–Trinajstić information content (AvgIpc) is 2.31. The number of rotatable bonds is 4. The average molecular weight is 236 g/mol. The lowest BCUT2D eigenvalue weighted by molar-refractivity contribution is -0.117. The molecule has 0 heterocycles. The number of anilines is 1. The number of benzene rings is 1. The molecule has 5 heteroatoms. The maximum atomic E-state index is 13.5. The molecular weight excluding hydrogens is 223 g/mol. The molecule has 90 valence electrons. The zero-order valence-electron chi connectivity index (χ0n) is 9.74. The van der Waals surface area contributed by atoms with Gasteiger partial charge in [0.25, 0.3) is 0 Å². The number of nitriles is 1. The van der Waals surface area contributed by atoms with E-state index in [9.17, 15) is 9.18 Å². The first-order valence-electron chi connectivity index (χ1n) is 5.16. The lowest BCUT2D eigenvalue weighted by atomic mass is 10.2. The van der Waals surface area contributed by atoms with Crippen molar-refractivity contribution in [3.63, 3.8) is 0 Å². The van der Waals surface area contributed by atoms with Gasteiger partial charge in [0.15, 0.2) is 11.6 Å². The molecule has 0 spiro atoms. The Morgan fingerprint density at radius 2 is 2.29 bits per heavy atom. The van der Waals surface area contributed by atoms with Crippen molar-refractivity contribution in [1.82, 2.24) is 0 Å². The van der Waals surface area contributed by atoms with Gasteiger partial charge in [-0.25, -0.2) is 4.39 Å². The normalized spacial score (nSPS) is 9.53. The lowest BCUT2D eigenvalue weighted by Crippen LogP contribution is -2.25. The van der Waals surface area contributed by atoms with E-state index in [-0.39, 0.29) is 18.1 Å². The third kappa shape index (κ3) is 3.18. The molecule has 17 heavy (non-hydrogen) atoms. The largest absolute Gasteiger partial charge is 0.491 e. The lowest BCUT2D eigenvalue weighted by Gasteiger charge is -2.16. The van der Waals surface area contributed by atoms with Crippen LogP contribution in [0, 0.1) is 17.1 Å². The van der Waals surface area contributed by atoms with E-state index >= 15 is 0 Å². The Morgan fingerprint density at radius 3 is 2.82 bits per heavy atom. The number of carbonyl (C=O) groups is 1. The van der Waals surface area contributed by atoms with Crippen LogP contribution < -0.4 is 9.64 Å². The topological polar surface area (TPSA) is 53.3 Å². The molecule has 1 rings (SSSR count). The molecule has 1 aromatic rings. The third-order valence-corrected chi connectivity index (χ3v) is 2.21. The quantitative estimate of drug-likeness (QED) is 0.804. The summed E-state index contributed by atoms with van der Waals surface area (Å²) in [7, 11) is 1.49. The smallest absolute Gasteiger partial charge is 0.240 e. The van der Waals surface area contributed by atoms with Crippen LogP contribution in [0.1, 0.15) is 13.3 Å². The van der Waals surface area contributed by atoms with E-state index in [4.69, 9.17) is 10.00 Å². The van der Waals surface area contributed by atoms with Crippen molar-refractivity contribution in [1.29, 1.82) is 5.26 Å². The summed E-state index contributed by atoms with van der Waals surface area (Å²) in [5.74, 6) is -0.755. The minimum atomic E-state index is -0.527. The number of hydrogen-bond acceptors (Lipinski definition) is 3. The Balaban J connectivity index is 2.90. The summed E-state index contributed by atoms with van der Waals surface area (Å²) in [5.41, 5.74) is 0.395. The minimum Gasteiger partial charge on any atom is -0.491 e. The highest BCUT2D eigenvalue weighted by molar-refractivity contribution is 5.94. The molecular formula is C12H13FN2O2. The number of halogens is 1. The minimum absolute atomic E-state index is 0.150. The molecule has 0 aliphatic carbocycles. The highest BCUT2D eigenvalue weighted by Gasteiger charge is 2.12. The molecule has 1 aromatic carbocycles. The van der Waals surface area contributed by atoms with Gasteiger partial charge in [-0.15, -0.1) is 0 Å². The molecule has 0 aromatic heterocycles. The van der Waals surface area contributed by atoms with E-state index in [1.54, 1.807) is 19.1 Å². The summed E-state index contributed by atoms with van der Waals surface area (Å²) in [4.78, 5) is 12.7. The SMILES string of the molecule is CCOc1ccc(N(C)C(=O)CC#N)cc1F. The van der Waals surface area contributed by atoms with E-state index in [1.807, 2.05) is 0 Å². The van der Waals surface area contributed by atoms with Gasteiger partial charge in [0.05, 0.1) is 12.7 Å². The van der Waals surface area contributed by atoms with E-state index in [1.165, 1.54) is 24.1 Å². The Kier molecular flexibility index (Phi) is 4.46. The fourth-order valence-corrected chi connectivity index (χ4v) is 1.30. The molecule has 0 radical (unpaired) electrons. The van der Waals surface area contributed by atoms with Crippen molar-refractivity contribution in [2.75, 3.05) is 18.6 Å². The maximum Gasteiger partial charge on any atom is 0.240 e. The van der Waals surface area contributed by atoms with Crippen molar-refractivity contribution in [2.45, 2.75) is 13.3 Å². The summed E-state index contributed by atoms with van der Waals surface area (Å²) in [6.07, 6.45) is -0.231. The van der Waals surface area contributed by atoms with Crippen LogP contribution in [0.2, 0.25) is 0 Å². The molecule has 0 unspecified atom stereocenters. The van der Waals surface area contributed by atoms with Gasteiger partial charge in [-0.05, 0) is 19.1 Å². The predicted molar refractivity (Wildman–Crippen MR) is 61.2 cm³/mol. The van der Waals surface area contributed by atoms with Crippen LogP contribution >= 0.6 is 0 Å².